The van der Waals surface area contributed by atoms with Crippen LogP contribution in [0.25, 0.3) is 0 Å². The maximum absolute atomic E-state index is 13.6. The highest BCUT2D eigenvalue weighted by atomic mass is 32.2. The van der Waals surface area contributed by atoms with E-state index in [-0.39, 0.29) is 5.56 Å². The molecule has 1 N–H and O–H groups in total. The zero-order valence-electron chi connectivity index (χ0n) is 12.8. The van der Waals surface area contributed by atoms with Gasteiger partial charge in [-0.25, -0.2) is 12.8 Å². The fourth-order valence-corrected chi connectivity index (χ4v) is 3.51. The Labute approximate surface area is 130 Å². The molecule has 0 aliphatic rings. The number of rotatable bonds is 5. The number of sulfonamides is 1. The van der Waals surface area contributed by atoms with Crippen molar-refractivity contribution in [3.05, 3.63) is 59.4 Å². The van der Waals surface area contributed by atoms with Crippen molar-refractivity contribution in [2.45, 2.75) is 12.7 Å². The van der Waals surface area contributed by atoms with E-state index in [4.69, 9.17) is 0 Å². The van der Waals surface area contributed by atoms with Crippen molar-refractivity contribution in [3.63, 3.8) is 0 Å². The highest BCUT2D eigenvalue weighted by molar-refractivity contribution is 7.91. The Kier molecular flexibility index (Phi) is 4.71. The minimum Gasteiger partial charge on any atom is -0.377 e. The molecule has 0 bridgehead atoms. The normalized spacial score (nSPS) is 11.3. The van der Waals surface area contributed by atoms with E-state index in [9.17, 15) is 12.8 Å². The predicted molar refractivity (Wildman–Crippen MR) is 88.2 cm³/mol. The fourth-order valence-electron chi connectivity index (χ4n) is 2.24. The van der Waals surface area contributed by atoms with Gasteiger partial charge in [-0.3, -0.25) is 4.72 Å². The van der Waals surface area contributed by atoms with Crippen LogP contribution in [0, 0.1) is 12.7 Å². The van der Waals surface area contributed by atoms with Gasteiger partial charge < -0.3 is 4.90 Å². The lowest BCUT2D eigenvalue weighted by atomic mass is 10.1. The van der Waals surface area contributed by atoms with E-state index in [0.717, 1.165) is 11.3 Å². The first-order valence-electron chi connectivity index (χ1n) is 6.81. The van der Waals surface area contributed by atoms with E-state index >= 15 is 0 Å². The number of nitrogens with zero attached hydrogens (tertiary/aromatic N) is 1. The van der Waals surface area contributed by atoms with E-state index < -0.39 is 21.6 Å². The summed E-state index contributed by atoms with van der Waals surface area (Å²) in [5.74, 6) is -0.919. The molecule has 6 heteroatoms. The van der Waals surface area contributed by atoms with Gasteiger partial charge in [0.05, 0.1) is 11.4 Å². The van der Waals surface area contributed by atoms with Crippen molar-refractivity contribution >= 4 is 21.4 Å². The largest absolute Gasteiger partial charge is 0.377 e. The molecule has 0 spiro atoms. The maximum atomic E-state index is 13.6. The fraction of sp³-hybridized carbons (Fsp3) is 0.250. The summed E-state index contributed by atoms with van der Waals surface area (Å²) in [6, 6.07) is 11.3. The first-order chi connectivity index (χ1) is 10.3. The number of nitrogens with one attached hydrogen (secondary N) is 1. The molecule has 0 saturated heterocycles. The summed E-state index contributed by atoms with van der Waals surface area (Å²) in [7, 11) is 0.0940. The number of halogens is 1. The Balaban J connectivity index is 2.26. The zero-order valence-corrected chi connectivity index (χ0v) is 13.6. The maximum Gasteiger partial charge on any atom is 0.237 e. The zero-order chi connectivity index (χ0) is 16.3. The molecular weight excluding hydrogens is 303 g/mol. The summed E-state index contributed by atoms with van der Waals surface area (Å²) < 4.78 is 40.7. The Morgan fingerprint density at radius 1 is 1.09 bits per heavy atom. The Morgan fingerprint density at radius 2 is 1.77 bits per heavy atom. The van der Waals surface area contributed by atoms with E-state index in [0.29, 0.717) is 5.69 Å². The lowest BCUT2D eigenvalue weighted by molar-refractivity contribution is 0.591. The quantitative estimate of drug-likeness (QED) is 0.920. The topological polar surface area (TPSA) is 49.4 Å². The van der Waals surface area contributed by atoms with Gasteiger partial charge in [-0.15, -0.1) is 0 Å². The van der Waals surface area contributed by atoms with Gasteiger partial charge >= 0.3 is 0 Å². The molecule has 0 amide bonds. The van der Waals surface area contributed by atoms with E-state index in [1.807, 2.05) is 32.0 Å². The second kappa shape index (κ2) is 6.36. The molecule has 0 aliphatic carbocycles. The van der Waals surface area contributed by atoms with Crippen LogP contribution in [0.5, 0.6) is 0 Å². The Hall–Kier alpha value is -2.08. The van der Waals surface area contributed by atoms with Crippen molar-refractivity contribution in [2.75, 3.05) is 23.7 Å². The van der Waals surface area contributed by atoms with Crippen LogP contribution in [0.1, 0.15) is 11.1 Å². The molecule has 0 fully saturated rings. The van der Waals surface area contributed by atoms with Gasteiger partial charge in [0.15, 0.2) is 0 Å². The summed E-state index contributed by atoms with van der Waals surface area (Å²) in [4.78, 5) is 1.91. The summed E-state index contributed by atoms with van der Waals surface area (Å²) in [6.45, 7) is 1.84. The number of hydrogen-bond acceptors (Lipinski definition) is 3. The van der Waals surface area contributed by atoms with E-state index in [2.05, 4.69) is 4.72 Å². The molecule has 2 rings (SSSR count). The highest BCUT2D eigenvalue weighted by Crippen LogP contribution is 2.26. The van der Waals surface area contributed by atoms with Crippen LogP contribution in [0.15, 0.2) is 42.5 Å². The highest BCUT2D eigenvalue weighted by Gasteiger charge is 2.16. The molecule has 0 atom stereocenters. The van der Waals surface area contributed by atoms with Gasteiger partial charge in [0.2, 0.25) is 10.0 Å². The van der Waals surface area contributed by atoms with E-state index in [1.165, 1.54) is 18.2 Å². The van der Waals surface area contributed by atoms with Crippen LogP contribution in [-0.2, 0) is 15.8 Å². The summed E-state index contributed by atoms with van der Waals surface area (Å²) in [6.07, 6.45) is 0. The molecule has 22 heavy (non-hydrogen) atoms. The third kappa shape index (κ3) is 3.76. The average molecular weight is 322 g/mol. The minimum absolute atomic E-state index is 0.149. The van der Waals surface area contributed by atoms with Crippen LogP contribution in [0.2, 0.25) is 0 Å². The molecule has 4 nitrogen and oxygen atoms in total. The molecule has 0 unspecified atom stereocenters. The predicted octanol–water partition coefficient (Wildman–Crippen LogP) is 3.14. The van der Waals surface area contributed by atoms with Gasteiger partial charge in [-0.05, 0) is 30.7 Å². The van der Waals surface area contributed by atoms with E-state index in [1.54, 1.807) is 18.2 Å². The van der Waals surface area contributed by atoms with Crippen molar-refractivity contribution in [1.82, 2.24) is 0 Å². The first-order valence-corrected chi connectivity index (χ1v) is 8.46. The van der Waals surface area contributed by atoms with Crippen LogP contribution < -0.4 is 9.62 Å². The second-order valence-corrected chi connectivity index (χ2v) is 7.02. The van der Waals surface area contributed by atoms with Crippen LogP contribution in [-0.4, -0.2) is 22.5 Å². The molecular formula is C16H19FN2O2S. The lowest BCUT2D eigenvalue weighted by Crippen LogP contribution is -2.18. The van der Waals surface area contributed by atoms with Crippen molar-refractivity contribution in [1.29, 1.82) is 0 Å². The number of benzene rings is 2. The van der Waals surface area contributed by atoms with Gasteiger partial charge in [-0.2, -0.15) is 0 Å². The van der Waals surface area contributed by atoms with Gasteiger partial charge in [0.25, 0.3) is 0 Å². The summed E-state index contributed by atoms with van der Waals surface area (Å²) in [5.41, 5.74) is 2.40. The number of anilines is 2. The van der Waals surface area contributed by atoms with Crippen LogP contribution in [0.4, 0.5) is 15.8 Å². The third-order valence-electron chi connectivity index (χ3n) is 3.36. The SMILES string of the molecule is Cc1c(NS(=O)(=O)Cc2ccccc2F)cccc1N(C)C. The summed E-state index contributed by atoms with van der Waals surface area (Å²) in [5, 5.41) is 0. The second-order valence-electron chi connectivity index (χ2n) is 5.30. The molecule has 0 aliphatic heterocycles. The van der Waals surface area contributed by atoms with Crippen molar-refractivity contribution < 1.29 is 12.8 Å². The number of hydrogen-bond donors (Lipinski definition) is 1. The molecule has 0 radical (unpaired) electrons. The monoisotopic (exact) mass is 322 g/mol. The molecule has 2 aromatic carbocycles. The van der Waals surface area contributed by atoms with Crippen molar-refractivity contribution in [2.24, 2.45) is 0 Å². The Morgan fingerprint density at radius 3 is 2.41 bits per heavy atom. The third-order valence-corrected chi connectivity index (χ3v) is 4.58. The minimum atomic E-state index is -3.68. The van der Waals surface area contributed by atoms with Crippen molar-refractivity contribution in [3.8, 4) is 0 Å². The van der Waals surface area contributed by atoms with Crippen LogP contribution >= 0.6 is 0 Å². The molecule has 0 heterocycles. The smallest absolute Gasteiger partial charge is 0.237 e. The lowest BCUT2D eigenvalue weighted by Gasteiger charge is -2.19. The summed E-state index contributed by atoms with van der Waals surface area (Å²) >= 11 is 0. The molecule has 118 valence electrons. The average Bonchev–Trinajstić information content (AvgIpc) is 2.43. The first kappa shape index (κ1) is 16.3. The Bertz CT molecular complexity index is 773. The molecule has 0 saturated carbocycles. The van der Waals surface area contributed by atoms with Crippen LogP contribution in [0.3, 0.4) is 0 Å². The van der Waals surface area contributed by atoms with Gasteiger partial charge in [0, 0.05) is 25.3 Å². The standard InChI is InChI=1S/C16H19FN2O2S/c1-12-15(9-6-10-16(12)19(2)3)18-22(20,21)11-13-7-4-5-8-14(13)17/h4-10,18H,11H2,1-3H3. The molecule has 2 aromatic rings. The van der Waals surface area contributed by atoms with Gasteiger partial charge in [-0.1, -0.05) is 24.3 Å². The van der Waals surface area contributed by atoms with Gasteiger partial charge in [0.1, 0.15) is 5.82 Å². The molecule has 0 aromatic heterocycles.